The van der Waals surface area contributed by atoms with Crippen molar-refractivity contribution in [2.75, 3.05) is 26.6 Å². The summed E-state index contributed by atoms with van der Waals surface area (Å²) in [5.74, 6) is -0.297. The molecular weight excluding hydrogens is 380 g/mol. The van der Waals surface area contributed by atoms with Gasteiger partial charge < -0.3 is 19.5 Å². The van der Waals surface area contributed by atoms with Gasteiger partial charge in [0, 0.05) is 18.2 Å². The third-order valence-corrected chi connectivity index (χ3v) is 4.88. The zero-order chi connectivity index (χ0) is 20.1. The maximum absolute atomic E-state index is 12.4. The monoisotopic (exact) mass is 398 g/mol. The quantitative estimate of drug-likeness (QED) is 0.503. The zero-order valence-corrected chi connectivity index (χ0v) is 16.3. The Morgan fingerprint density at radius 1 is 1.07 bits per heavy atom. The number of thiazole rings is 1. The molecule has 0 aliphatic carbocycles. The van der Waals surface area contributed by atoms with E-state index in [2.05, 4.69) is 10.3 Å². The van der Waals surface area contributed by atoms with E-state index in [0.29, 0.717) is 16.5 Å². The highest BCUT2D eigenvalue weighted by molar-refractivity contribution is 7.19. The van der Waals surface area contributed by atoms with Gasteiger partial charge in [0.15, 0.2) is 11.5 Å². The number of methoxy groups -OCH3 is 3. The minimum absolute atomic E-state index is 0.155. The molecule has 7 nitrogen and oxygen atoms in total. The Labute approximate surface area is 165 Å². The molecule has 0 atom stereocenters. The van der Waals surface area contributed by atoms with Crippen LogP contribution >= 0.6 is 11.3 Å². The van der Waals surface area contributed by atoms with Crippen LogP contribution in [-0.2, 0) is 9.53 Å². The van der Waals surface area contributed by atoms with Gasteiger partial charge in [-0.1, -0.05) is 12.1 Å². The lowest BCUT2D eigenvalue weighted by atomic mass is 10.1. The summed E-state index contributed by atoms with van der Waals surface area (Å²) in [5.41, 5.74) is 1.28. The maximum Gasteiger partial charge on any atom is 0.340 e. The Morgan fingerprint density at radius 3 is 2.46 bits per heavy atom. The topological polar surface area (TPSA) is 86.8 Å². The molecule has 0 fully saturated rings. The molecule has 1 aromatic heterocycles. The number of carbonyl (C=O) groups is 2. The Kier molecular flexibility index (Phi) is 5.90. The van der Waals surface area contributed by atoms with Crippen LogP contribution in [0.2, 0.25) is 0 Å². The highest BCUT2D eigenvalue weighted by atomic mass is 32.1. The standard InChI is InChI=1S/C20H18N2O5S/c1-25-15-10-12(20(24)27-3)14(11-16(15)26-2)21-18(23)8-9-19-22-13-6-4-5-7-17(13)28-19/h4-11H,1-3H3,(H,21,23)/b9-8+. The number of rotatable bonds is 6. The van der Waals surface area contributed by atoms with Crippen molar-refractivity contribution in [1.29, 1.82) is 0 Å². The number of para-hydroxylation sites is 1. The third-order valence-electron chi connectivity index (χ3n) is 3.87. The smallest absolute Gasteiger partial charge is 0.340 e. The summed E-state index contributed by atoms with van der Waals surface area (Å²) in [6.45, 7) is 0. The van der Waals surface area contributed by atoms with Gasteiger partial charge in [0.05, 0.1) is 42.8 Å². The summed E-state index contributed by atoms with van der Waals surface area (Å²) < 4.78 is 16.3. The molecule has 0 aliphatic rings. The van der Waals surface area contributed by atoms with Crippen molar-refractivity contribution >= 4 is 45.2 Å². The molecule has 0 spiro atoms. The molecule has 28 heavy (non-hydrogen) atoms. The molecule has 0 bridgehead atoms. The minimum atomic E-state index is -0.605. The van der Waals surface area contributed by atoms with Crippen LogP contribution in [-0.4, -0.2) is 38.2 Å². The molecule has 0 aliphatic heterocycles. The minimum Gasteiger partial charge on any atom is -0.493 e. The Hall–Kier alpha value is -3.39. The van der Waals surface area contributed by atoms with Crippen LogP contribution in [0, 0.1) is 0 Å². The molecule has 3 rings (SSSR count). The largest absolute Gasteiger partial charge is 0.493 e. The second kappa shape index (κ2) is 8.53. The lowest BCUT2D eigenvalue weighted by molar-refractivity contribution is -0.111. The van der Waals surface area contributed by atoms with Crippen LogP contribution in [0.3, 0.4) is 0 Å². The van der Waals surface area contributed by atoms with Crippen molar-refractivity contribution in [2.45, 2.75) is 0 Å². The van der Waals surface area contributed by atoms with Gasteiger partial charge in [0.1, 0.15) is 5.01 Å². The summed E-state index contributed by atoms with van der Waals surface area (Å²) in [4.78, 5) is 28.9. The predicted molar refractivity (Wildman–Crippen MR) is 108 cm³/mol. The van der Waals surface area contributed by atoms with Gasteiger partial charge in [-0.15, -0.1) is 11.3 Å². The van der Waals surface area contributed by atoms with E-state index in [9.17, 15) is 9.59 Å². The van der Waals surface area contributed by atoms with Crippen molar-refractivity contribution in [2.24, 2.45) is 0 Å². The van der Waals surface area contributed by atoms with Crippen molar-refractivity contribution < 1.29 is 23.8 Å². The van der Waals surface area contributed by atoms with Crippen molar-refractivity contribution in [3.63, 3.8) is 0 Å². The van der Waals surface area contributed by atoms with Crippen molar-refractivity contribution in [3.8, 4) is 11.5 Å². The van der Waals surface area contributed by atoms with Gasteiger partial charge in [-0.3, -0.25) is 4.79 Å². The average Bonchev–Trinajstić information content (AvgIpc) is 3.14. The first-order chi connectivity index (χ1) is 13.5. The molecule has 0 saturated carbocycles. The summed E-state index contributed by atoms with van der Waals surface area (Å²) >= 11 is 1.48. The molecule has 0 unspecified atom stereocenters. The normalized spacial score (nSPS) is 10.8. The number of anilines is 1. The number of amides is 1. The van der Waals surface area contributed by atoms with E-state index in [1.165, 1.54) is 50.9 Å². The molecule has 3 aromatic rings. The number of nitrogens with zero attached hydrogens (tertiary/aromatic N) is 1. The number of benzene rings is 2. The van der Waals surface area contributed by atoms with Gasteiger partial charge in [-0.2, -0.15) is 0 Å². The van der Waals surface area contributed by atoms with Crippen LogP contribution in [0.1, 0.15) is 15.4 Å². The van der Waals surface area contributed by atoms with Crippen LogP contribution in [0.5, 0.6) is 11.5 Å². The first-order valence-corrected chi connectivity index (χ1v) is 9.06. The number of carbonyl (C=O) groups excluding carboxylic acids is 2. The second-order valence-electron chi connectivity index (χ2n) is 5.59. The van der Waals surface area contributed by atoms with E-state index in [4.69, 9.17) is 14.2 Å². The zero-order valence-electron chi connectivity index (χ0n) is 15.5. The fraction of sp³-hybridized carbons (Fsp3) is 0.150. The number of nitrogens with one attached hydrogen (secondary N) is 1. The van der Waals surface area contributed by atoms with Crippen LogP contribution in [0.25, 0.3) is 16.3 Å². The van der Waals surface area contributed by atoms with Crippen molar-refractivity contribution in [1.82, 2.24) is 4.98 Å². The predicted octanol–water partition coefficient (Wildman–Crippen LogP) is 3.75. The summed E-state index contributed by atoms with van der Waals surface area (Å²) in [6.07, 6.45) is 2.98. The lowest BCUT2D eigenvalue weighted by Crippen LogP contribution is -2.13. The van der Waals surface area contributed by atoms with E-state index >= 15 is 0 Å². The molecule has 0 radical (unpaired) electrons. The number of hydrogen-bond acceptors (Lipinski definition) is 7. The van der Waals surface area contributed by atoms with Crippen LogP contribution in [0.15, 0.2) is 42.5 Å². The molecule has 144 valence electrons. The highest BCUT2D eigenvalue weighted by Crippen LogP contribution is 2.33. The van der Waals surface area contributed by atoms with Crippen LogP contribution in [0.4, 0.5) is 5.69 Å². The fourth-order valence-electron chi connectivity index (χ4n) is 2.54. The van der Waals surface area contributed by atoms with Gasteiger partial charge in [-0.25, -0.2) is 9.78 Å². The third kappa shape index (κ3) is 4.12. The van der Waals surface area contributed by atoms with E-state index in [1.54, 1.807) is 6.08 Å². The summed E-state index contributed by atoms with van der Waals surface area (Å²) in [5, 5.41) is 3.38. The van der Waals surface area contributed by atoms with Crippen LogP contribution < -0.4 is 14.8 Å². The molecule has 2 aromatic carbocycles. The molecular formula is C20H18N2O5S. The molecule has 8 heteroatoms. The fourth-order valence-corrected chi connectivity index (χ4v) is 3.41. The summed E-state index contributed by atoms with van der Waals surface area (Å²) in [6, 6.07) is 10.7. The lowest BCUT2D eigenvalue weighted by Gasteiger charge is -2.13. The number of aromatic nitrogens is 1. The van der Waals surface area contributed by atoms with Gasteiger partial charge in [0.2, 0.25) is 5.91 Å². The Morgan fingerprint density at radius 2 is 1.79 bits per heavy atom. The van der Waals surface area contributed by atoms with Gasteiger partial charge in [0.25, 0.3) is 0 Å². The number of fused-ring (bicyclic) bond motifs is 1. The van der Waals surface area contributed by atoms with Gasteiger partial charge in [-0.05, 0) is 18.2 Å². The molecule has 1 amide bonds. The molecule has 0 saturated heterocycles. The van der Waals surface area contributed by atoms with Crippen molar-refractivity contribution in [3.05, 3.63) is 53.0 Å². The second-order valence-corrected chi connectivity index (χ2v) is 6.65. The maximum atomic E-state index is 12.4. The summed E-state index contributed by atoms with van der Waals surface area (Å²) in [7, 11) is 4.18. The SMILES string of the molecule is COC(=O)c1cc(OC)c(OC)cc1NC(=O)/C=C/c1nc2ccccc2s1. The first kappa shape index (κ1) is 19.4. The number of esters is 1. The molecule has 1 N–H and O–H groups in total. The number of hydrogen-bond donors (Lipinski definition) is 1. The first-order valence-electron chi connectivity index (χ1n) is 8.24. The van der Waals surface area contributed by atoms with E-state index in [1.807, 2.05) is 24.3 Å². The Bertz CT molecular complexity index is 1020. The van der Waals surface area contributed by atoms with E-state index in [0.717, 1.165) is 10.2 Å². The molecule has 1 heterocycles. The van der Waals surface area contributed by atoms with E-state index < -0.39 is 11.9 Å². The number of ether oxygens (including phenoxy) is 3. The average molecular weight is 398 g/mol. The van der Waals surface area contributed by atoms with E-state index in [-0.39, 0.29) is 11.3 Å². The highest BCUT2D eigenvalue weighted by Gasteiger charge is 2.18. The van der Waals surface area contributed by atoms with Gasteiger partial charge >= 0.3 is 5.97 Å². The Balaban J connectivity index is 1.84.